The lowest BCUT2D eigenvalue weighted by atomic mass is 10.0. The van der Waals surface area contributed by atoms with Crippen LogP contribution in [0.25, 0.3) is 10.9 Å². The van der Waals surface area contributed by atoms with Crippen molar-refractivity contribution in [1.29, 1.82) is 0 Å². The maximum Gasteiger partial charge on any atom is 0.257 e. The van der Waals surface area contributed by atoms with Crippen LogP contribution in [-0.4, -0.2) is 48.9 Å². The van der Waals surface area contributed by atoms with Gasteiger partial charge in [0, 0.05) is 36.9 Å². The molecule has 0 spiro atoms. The van der Waals surface area contributed by atoms with Gasteiger partial charge in [0.05, 0.1) is 18.7 Å². The number of nitrogens with two attached hydrogens (primary N) is 1. The number of nitrogens with zero attached hydrogens (tertiary/aromatic N) is 1. The van der Waals surface area contributed by atoms with Gasteiger partial charge < -0.3 is 25.7 Å². The maximum absolute atomic E-state index is 12.6. The van der Waals surface area contributed by atoms with E-state index in [-0.39, 0.29) is 24.2 Å². The van der Waals surface area contributed by atoms with E-state index in [1.807, 2.05) is 30.5 Å². The molecule has 1 atom stereocenters. The Morgan fingerprint density at radius 3 is 2.62 bits per heavy atom. The molecule has 1 heterocycles. The van der Waals surface area contributed by atoms with Gasteiger partial charge in [0.2, 0.25) is 5.91 Å². The Morgan fingerprint density at radius 1 is 1.21 bits per heavy atom. The molecular formula is C21H25ClN4O3. The standard InChI is InChI=1S/C21H24N4O3.ClH/c1-25(2)21(27)16-11-14(8-9-19(16)28-3)24-20(26)17(22)10-13-12-23-18-7-5-4-6-15(13)18;/h4-9,11-12,17,23H,10,22H2,1-3H3,(H,24,26);1H/t17-;/m1./s1. The molecule has 3 rings (SSSR count). The van der Waals surface area contributed by atoms with Crippen molar-refractivity contribution >= 4 is 40.8 Å². The molecule has 0 bridgehead atoms. The third-order valence-electron chi connectivity index (χ3n) is 4.56. The molecule has 7 nitrogen and oxygen atoms in total. The largest absolute Gasteiger partial charge is 0.496 e. The number of rotatable bonds is 6. The molecular weight excluding hydrogens is 392 g/mol. The number of nitrogens with one attached hydrogen (secondary N) is 2. The van der Waals surface area contributed by atoms with Crippen LogP contribution in [0, 0.1) is 0 Å². The lowest BCUT2D eigenvalue weighted by molar-refractivity contribution is -0.117. The molecule has 0 aliphatic carbocycles. The number of ether oxygens (including phenoxy) is 1. The van der Waals surface area contributed by atoms with Crippen molar-refractivity contribution in [2.75, 3.05) is 26.5 Å². The van der Waals surface area contributed by atoms with Crippen LogP contribution in [0.1, 0.15) is 15.9 Å². The number of methoxy groups -OCH3 is 1. The number of carbonyl (C=O) groups is 2. The normalized spacial score (nSPS) is 11.4. The minimum Gasteiger partial charge on any atom is -0.496 e. The number of para-hydroxylation sites is 1. The molecule has 0 radical (unpaired) electrons. The van der Waals surface area contributed by atoms with E-state index in [1.165, 1.54) is 12.0 Å². The van der Waals surface area contributed by atoms with Gasteiger partial charge in [0.25, 0.3) is 5.91 Å². The van der Waals surface area contributed by atoms with Crippen LogP contribution in [0.5, 0.6) is 5.75 Å². The van der Waals surface area contributed by atoms with Gasteiger partial charge in [-0.25, -0.2) is 0 Å². The van der Waals surface area contributed by atoms with Crippen molar-refractivity contribution in [3.05, 3.63) is 59.8 Å². The van der Waals surface area contributed by atoms with E-state index < -0.39 is 6.04 Å². The molecule has 0 aliphatic heterocycles. The number of amides is 2. The summed E-state index contributed by atoms with van der Waals surface area (Å²) in [5, 5.41) is 3.84. The molecule has 0 unspecified atom stereocenters. The van der Waals surface area contributed by atoms with Crippen LogP contribution >= 0.6 is 12.4 Å². The highest BCUT2D eigenvalue weighted by Crippen LogP contribution is 2.24. The van der Waals surface area contributed by atoms with Crippen LogP contribution in [-0.2, 0) is 11.2 Å². The lowest BCUT2D eigenvalue weighted by Gasteiger charge is -2.16. The first-order chi connectivity index (χ1) is 13.4. The van der Waals surface area contributed by atoms with E-state index >= 15 is 0 Å². The number of benzene rings is 2. The minimum atomic E-state index is -0.727. The predicted octanol–water partition coefficient (Wildman–Crippen LogP) is 2.81. The van der Waals surface area contributed by atoms with Crippen LogP contribution < -0.4 is 15.8 Å². The molecule has 0 saturated heterocycles. The number of anilines is 1. The molecule has 29 heavy (non-hydrogen) atoms. The van der Waals surface area contributed by atoms with Crippen LogP contribution in [0.2, 0.25) is 0 Å². The topological polar surface area (TPSA) is 100 Å². The van der Waals surface area contributed by atoms with E-state index in [1.54, 1.807) is 32.3 Å². The summed E-state index contributed by atoms with van der Waals surface area (Å²) in [5.41, 5.74) is 8.97. The van der Waals surface area contributed by atoms with Gasteiger partial charge in [-0.1, -0.05) is 18.2 Å². The van der Waals surface area contributed by atoms with Gasteiger partial charge in [0.15, 0.2) is 0 Å². The van der Waals surface area contributed by atoms with Crippen LogP contribution in [0.4, 0.5) is 5.69 Å². The summed E-state index contributed by atoms with van der Waals surface area (Å²) in [6, 6.07) is 12.1. The Bertz CT molecular complexity index is 1020. The van der Waals surface area contributed by atoms with E-state index in [4.69, 9.17) is 10.5 Å². The van der Waals surface area contributed by atoms with E-state index in [9.17, 15) is 9.59 Å². The number of fused-ring (bicyclic) bond motifs is 1. The first-order valence-corrected chi connectivity index (χ1v) is 8.92. The number of carbonyl (C=O) groups excluding carboxylic acids is 2. The van der Waals surface area contributed by atoms with Crippen molar-refractivity contribution in [1.82, 2.24) is 9.88 Å². The third kappa shape index (κ3) is 4.88. The molecule has 4 N–H and O–H groups in total. The Labute approximate surface area is 175 Å². The number of hydrogen-bond donors (Lipinski definition) is 3. The number of halogens is 1. The molecule has 2 amide bonds. The third-order valence-corrected chi connectivity index (χ3v) is 4.56. The van der Waals surface area contributed by atoms with Crippen molar-refractivity contribution in [2.24, 2.45) is 5.73 Å². The van der Waals surface area contributed by atoms with Gasteiger partial charge in [-0.15, -0.1) is 12.4 Å². The Kier molecular flexibility index (Phi) is 7.25. The van der Waals surface area contributed by atoms with Gasteiger partial charge in [-0.05, 0) is 36.2 Å². The monoisotopic (exact) mass is 416 g/mol. The zero-order chi connectivity index (χ0) is 20.3. The van der Waals surface area contributed by atoms with Gasteiger partial charge in [-0.2, -0.15) is 0 Å². The minimum absolute atomic E-state index is 0. The first kappa shape index (κ1) is 22.3. The highest BCUT2D eigenvalue weighted by atomic mass is 35.5. The van der Waals surface area contributed by atoms with Crippen molar-refractivity contribution < 1.29 is 14.3 Å². The highest BCUT2D eigenvalue weighted by Gasteiger charge is 2.19. The van der Waals surface area contributed by atoms with E-state index in [2.05, 4.69) is 10.3 Å². The fourth-order valence-corrected chi connectivity index (χ4v) is 3.06. The average molecular weight is 417 g/mol. The summed E-state index contributed by atoms with van der Waals surface area (Å²) >= 11 is 0. The predicted molar refractivity (Wildman–Crippen MR) is 117 cm³/mol. The molecule has 0 aliphatic rings. The average Bonchev–Trinajstić information content (AvgIpc) is 3.10. The van der Waals surface area contributed by atoms with Gasteiger partial charge >= 0.3 is 0 Å². The molecule has 0 saturated carbocycles. The highest BCUT2D eigenvalue weighted by molar-refractivity contribution is 6.00. The number of H-pyrrole nitrogens is 1. The Balaban J connectivity index is 0.00000300. The molecule has 0 fully saturated rings. The van der Waals surface area contributed by atoms with Crippen LogP contribution in [0.3, 0.4) is 0 Å². The number of hydrogen-bond acceptors (Lipinski definition) is 4. The van der Waals surface area contributed by atoms with E-state index in [0.717, 1.165) is 16.5 Å². The van der Waals surface area contributed by atoms with Crippen molar-refractivity contribution in [2.45, 2.75) is 12.5 Å². The summed E-state index contributed by atoms with van der Waals surface area (Å²) in [4.78, 5) is 29.5. The quantitative estimate of drug-likeness (QED) is 0.575. The first-order valence-electron chi connectivity index (χ1n) is 8.92. The fourth-order valence-electron chi connectivity index (χ4n) is 3.06. The molecule has 3 aromatic rings. The molecule has 2 aromatic carbocycles. The van der Waals surface area contributed by atoms with Gasteiger partial charge in [-0.3, -0.25) is 9.59 Å². The zero-order valence-electron chi connectivity index (χ0n) is 16.6. The summed E-state index contributed by atoms with van der Waals surface area (Å²) in [6.07, 6.45) is 2.27. The summed E-state index contributed by atoms with van der Waals surface area (Å²) < 4.78 is 5.25. The lowest BCUT2D eigenvalue weighted by Crippen LogP contribution is -2.37. The van der Waals surface area contributed by atoms with Gasteiger partial charge in [0.1, 0.15) is 5.75 Å². The maximum atomic E-state index is 12.6. The summed E-state index contributed by atoms with van der Waals surface area (Å²) in [6.45, 7) is 0. The molecule has 1 aromatic heterocycles. The second-order valence-electron chi connectivity index (χ2n) is 6.77. The summed E-state index contributed by atoms with van der Waals surface area (Å²) in [5.74, 6) is -0.0884. The Morgan fingerprint density at radius 2 is 1.93 bits per heavy atom. The molecule has 8 heteroatoms. The van der Waals surface area contributed by atoms with Crippen molar-refractivity contribution in [3.63, 3.8) is 0 Å². The number of aromatic amines is 1. The second kappa shape index (κ2) is 9.45. The fraction of sp³-hybridized carbons (Fsp3) is 0.238. The molecule has 154 valence electrons. The SMILES string of the molecule is COc1ccc(NC(=O)[C@H](N)Cc2c[nH]c3ccccc23)cc1C(=O)N(C)C.Cl. The zero-order valence-corrected chi connectivity index (χ0v) is 17.4. The smallest absolute Gasteiger partial charge is 0.257 e. The van der Waals surface area contributed by atoms with Crippen LogP contribution in [0.15, 0.2) is 48.7 Å². The summed E-state index contributed by atoms with van der Waals surface area (Å²) in [7, 11) is 4.81. The Hall–Kier alpha value is -3.03. The number of aromatic nitrogens is 1. The van der Waals surface area contributed by atoms with E-state index in [0.29, 0.717) is 23.4 Å². The second-order valence-corrected chi connectivity index (χ2v) is 6.77. The van der Waals surface area contributed by atoms with Crippen molar-refractivity contribution in [3.8, 4) is 5.75 Å².